The van der Waals surface area contributed by atoms with E-state index in [4.69, 9.17) is 9.47 Å². The van der Waals surface area contributed by atoms with E-state index in [1.54, 1.807) is 7.05 Å². The number of rotatable bonds is 9. The molecule has 4 nitrogen and oxygen atoms in total. The Morgan fingerprint density at radius 2 is 2.10 bits per heavy atom. The van der Waals surface area contributed by atoms with Gasteiger partial charge < -0.3 is 14.8 Å². The van der Waals surface area contributed by atoms with Crippen LogP contribution in [-0.4, -0.2) is 25.2 Å². The van der Waals surface area contributed by atoms with E-state index in [0.717, 1.165) is 30.6 Å². The molecule has 0 spiro atoms. The zero-order chi connectivity index (χ0) is 21.6. The molecule has 164 valence electrons. The Balaban J connectivity index is 2.43. The average molecular weight is 404 g/mol. The minimum atomic E-state index is -0.252. The highest BCUT2D eigenvalue weighted by atomic mass is 16.5. The summed E-state index contributed by atoms with van der Waals surface area (Å²) < 4.78 is 12.3. The van der Waals surface area contributed by atoms with Gasteiger partial charge >= 0.3 is 5.97 Å². The SMILES string of the molecule is CCCCCC(C)C=C(OC(=O)CNC)C1=C(C)OC(C)(C)C2CCC(C)=CC12. The molecule has 0 aromatic rings. The molecule has 3 unspecified atom stereocenters. The number of nitrogens with one attached hydrogen (secondary N) is 1. The molecule has 1 aliphatic heterocycles. The Labute approximate surface area is 177 Å². The van der Waals surface area contributed by atoms with E-state index in [9.17, 15) is 4.79 Å². The molecule has 0 saturated carbocycles. The molecular formula is C25H41NO3. The lowest BCUT2D eigenvalue weighted by atomic mass is 9.67. The second-order valence-electron chi connectivity index (χ2n) is 9.37. The topological polar surface area (TPSA) is 47.6 Å². The fourth-order valence-corrected chi connectivity index (χ4v) is 4.77. The van der Waals surface area contributed by atoms with Crippen LogP contribution < -0.4 is 5.32 Å². The molecule has 2 rings (SSSR count). The van der Waals surface area contributed by atoms with Crippen molar-refractivity contribution in [3.8, 4) is 0 Å². The number of likely N-dealkylation sites (N-methyl/N-ethyl adjacent to an activating group) is 1. The van der Waals surface area contributed by atoms with Crippen LogP contribution in [0.15, 0.2) is 34.8 Å². The van der Waals surface area contributed by atoms with Crippen molar-refractivity contribution in [2.24, 2.45) is 17.8 Å². The number of fused-ring (bicyclic) bond motifs is 1. The first-order chi connectivity index (χ1) is 13.7. The van der Waals surface area contributed by atoms with Crippen molar-refractivity contribution < 1.29 is 14.3 Å². The van der Waals surface area contributed by atoms with E-state index in [-0.39, 0.29) is 24.0 Å². The average Bonchev–Trinajstić information content (AvgIpc) is 2.61. The van der Waals surface area contributed by atoms with Gasteiger partial charge in [-0.3, -0.25) is 4.79 Å². The molecule has 2 aliphatic rings. The summed E-state index contributed by atoms with van der Waals surface area (Å²) >= 11 is 0. The number of hydrogen-bond donors (Lipinski definition) is 1. The van der Waals surface area contributed by atoms with E-state index in [2.05, 4.69) is 52.1 Å². The summed E-state index contributed by atoms with van der Waals surface area (Å²) in [6.07, 6.45) is 11.5. The van der Waals surface area contributed by atoms with Gasteiger partial charge in [0.05, 0.1) is 6.54 Å². The van der Waals surface area contributed by atoms with Crippen molar-refractivity contribution in [3.05, 3.63) is 34.8 Å². The van der Waals surface area contributed by atoms with Gasteiger partial charge in [-0.05, 0) is 66.0 Å². The van der Waals surface area contributed by atoms with E-state index in [0.29, 0.717) is 17.6 Å². The van der Waals surface area contributed by atoms with Gasteiger partial charge in [-0.15, -0.1) is 0 Å². The molecule has 4 heteroatoms. The zero-order valence-corrected chi connectivity index (χ0v) is 19.6. The Hall–Kier alpha value is -1.55. The summed E-state index contributed by atoms with van der Waals surface area (Å²) in [6.45, 7) is 13.2. The molecule has 0 fully saturated rings. The van der Waals surface area contributed by atoms with Crippen LogP contribution in [0.1, 0.15) is 80.1 Å². The lowest BCUT2D eigenvalue weighted by molar-refractivity contribution is -0.138. The maximum absolute atomic E-state index is 12.4. The van der Waals surface area contributed by atoms with Crippen LogP contribution in [0, 0.1) is 17.8 Å². The van der Waals surface area contributed by atoms with Crippen LogP contribution in [0.2, 0.25) is 0 Å². The third-order valence-corrected chi connectivity index (χ3v) is 6.28. The molecular weight excluding hydrogens is 362 g/mol. The fraction of sp³-hybridized carbons (Fsp3) is 0.720. The van der Waals surface area contributed by atoms with Crippen LogP contribution in [0.3, 0.4) is 0 Å². The molecule has 0 amide bonds. The first kappa shape index (κ1) is 23.7. The summed E-state index contributed by atoms with van der Waals surface area (Å²) in [6, 6.07) is 0. The Bertz CT molecular complexity index is 672. The molecule has 1 N–H and O–H groups in total. The molecule has 29 heavy (non-hydrogen) atoms. The van der Waals surface area contributed by atoms with Crippen molar-refractivity contribution >= 4 is 5.97 Å². The second-order valence-corrected chi connectivity index (χ2v) is 9.37. The minimum absolute atomic E-state index is 0.198. The number of carbonyl (C=O) groups excluding carboxylic acids is 1. The van der Waals surface area contributed by atoms with E-state index < -0.39 is 0 Å². The molecule has 0 radical (unpaired) electrons. The molecule has 0 aromatic heterocycles. The van der Waals surface area contributed by atoms with Crippen molar-refractivity contribution in [2.45, 2.75) is 85.7 Å². The van der Waals surface area contributed by atoms with Crippen LogP contribution in [0.4, 0.5) is 0 Å². The van der Waals surface area contributed by atoms with Crippen molar-refractivity contribution in [1.82, 2.24) is 5.32 Å². The summed E-state index contributed by atoms with van der Waals surface area (Å²) in [5, 5.41) is 2.90. The highest BCUT2D eigenvalue weighted by molar-refractivity contribution is 5.73. The number of hydrogen-bond acceptors (Lipinski definition) is 4. The minimum Gasteiger partial charge on any atom is -0.492 e. The van der Waals surface area contributed by atoms with E-state index >= 15 is 0 Å². The molecule has 0 aromatic carbocycles. The smallest absolute Gasteiger partial charge is 0.325 e. The Kier molecular flexibility index (Phi) is 8.57. The molecule has 3 atom stereocenters. The summed E-state index contributed by atoms with van der Waals surface area (Å²) in [5.74, 6) is 2.28. The monoisotopic (exact) mass is 403 g/mol. The molecule has 0 saturated heterocycles. The molecule has 0 bridgehead atoms. The number of unbranched alkanes of at least 4 members (excludes halogenated alkanes) is 2. The quantitative estimate of drug-likeness (QED) is 0.225. The highest BCUT2D eigenvalue weighted by Crippen LogP contribution is 2.49. The van der Waals surface area contributed by atoms with Gasteiger partial charge in [0.1, 0.15) is 17.1 Å². The fourth-order valence-electron chi connectivity index (χ4n) is 4.77. The first-order valence-electron chi connectivity index (χ1n) is 11.3. The van der Waals surface area contributed by atoms with Crippen LogP contribution in [0.25, 0.3) is 0 Å². The third-order valence-electron chi connectivity index (χ3n) is 6.28. The standard InChI is InChI=1S/C25H41NO3/c1-8-9-10-11-17(2)15-22(28-23(27)16-26-7)24-19(4)29-25(5,6)21-13-12-18(3)14-20(21)24/h14-15,17,20-21,26H,8-13,16H2,1-7H3. The largest absolute Gasteiger partial charge is 0.492 e. The number of allylic oxidation sites excluding steroid dienone is 5. The van der Waals surface area contributed by atoms with Gasteiger partial charge in [-0.25, -0.2) is 0 Å². The normalized spacial score (nSPS) is 25.1. The highest BCUT2D eigenvalue weighted by Gasteiger charge is 2.45. The predicted octanol–water partition coefficient (Wildman–Crippen LogP) is 5.90. The molecule has 1 aliphatic carbocycles. The second kappa shape index (κ2) is 10.5. The summed E-state index contributed by atoms with van der Waals surface area (Å²) in [7, 11) is 1.76. The molecule has 1 heterocycles. The Morgan fingerprint density at radius 1 is 1.38 bits per heavy atom. The van der Waals surface area contributed by atoms with Gasteiger partial charge in [0.2, 0.25) is 0 Å². The Morgan fingerprint density at radius 3 is 2.76 bits per heavy atom. The lowest BCUT2D eigenvalue weighted by Crippen LogP contribution is -2.44. The number of esters is 1. The van der Waals surface area contributed by atoms with Crippen molar-refractivity contribution in [3.63, 3.8) is 0 Å². The zero-order valence-electron chi connectivity index (χ0n) is 19.6. The van der Waals surface area contributed by atoms with Crippen molar-refractivity contribution in [1.29, 1.82) is 0 Å². The van der Waals surface area contributed by atoms with Gasteiger partial charge in [0.15, 0.2) is 0 Å². The summed E-state index contributed by atoms with van der Waals surface area (Å²) in [4.78, 5) is 12.4. The van der Waals surface area contributed by atoms with E-state index in [1.165, 1.54) is 24.8 Å². The van der Waals surface area contributed by atoms with Crippen LogP contribution >= 0.6 is 0 Å². The lowest BCUT2D eigenvalue weighted by Gasteiger charge is -2.47. The predicted molar refractivity (Wildman–Crippen MR) is 119 cm³/mol. The van der Waals surface area contributed by atoms with E-state index in [1.807, 2.05) is 6.92 Å². The van der Waals surface area contributed by atoms with Gasteiger partial charge in [-0.1, -0.05) is 44.8 Å². The maximum atomic E-state index is 12.4. The first-order valence-corrected chi connectivity index (χ1v) is 11.3. The van der Waals surface area contributed by atoms with Gasteiger partial charge in [-0.2, -0.15) is 0 Å². The number of ether oxygens (including phenoxy) is 2. The number of carbonyl (C=O) groups is 1. The van der Waals surface area contributed by atoms with Gasteiger partial charge in [0.25, 0.3) is 0 Å². The van der Waals surface area contributed by atoms with Gasteiger partial charge in [0, 0.05) is 17.4 Å². The summed E-state index contributed by atoms with van der Waals surface area (Å²) in [5.41, 5.74) is 2.24. The third kappa shape index (κ3) is 6.21. The van der Waals surface area contributed by atoms with Crippen LogP contribution in [-0.2, 0) is 14.3 Å². The maximum Gasteiger partial charge on any atom is 0.325 e. The van der Waals surface area contributed by atoms with Crippen LogP contribution in [0.5, 0.6) is 0 Å². The van der Waals surface area contributed by atoms with Crippen molar-refractivity contribution in [2.75, 3.05) is 13.6 Å².